The zero-order valence-corrected chi connectivity index (χ0v) is 16.1. The molecule has 0 aliphatic carbocycles. The van der Waals surface area contributed by atoms with Crippen molar-refractivity contribution in [3.63, 3.8) is 0 Å². The van der Waals surface area contributed by atoms with Crippen molar-refractivity contribution in [1.82, 2.24) is 10.2 Å². The van der Waals surface area contributed by atoms with Gasteiger partial charge in [0.15, 0.2) is 6.10 Å². The molecule has 4 heteroatoms. The Morgan fingerprint density at radius 1 is 1.20 bits per heavy atom. The Bertz CT molecular complexity index is 620. The smallest absolute Gasteiger partial charge is 0.263 e. The summed E-state index contributed by atoms with van der Waals surface area (Å²) in [4.78, 5) is 15.0. The van der Waals surface area contributed by atoms with Crippen LogP contribution >= 0.6 is 0 Å². The highest BCUT2D eigenvalue weighted by molar-refractivity contribution is 5.81. The molecule has 2 aliphatic rings. The molecular formula is C21H32N2O2. The molecule has 25 heavy (non-hydrogen) atoms. The number of carbonyl (C=O) groups excluding carboxylic acids is 1. The first kappa shape index (κ1) is 18.2. The fourth-order valence-corrected chi connectivity index (χ4v) is 4.21. The van der Waals surface area contributed by atoms with E-state index in [0.717, 1.165) is 43.9 Å². The number of amides is 1. The highest BCUT2D eigenvalue weighted by Crippen LogP contribution is 2.39. The molecule has 138 valence electrons. The second kappa shape index (κ2) is 7.36. The lowest BCUT2D eigenvalue weighted by Gasteiger charge is -2.34. The number of benzene rings is 1. The number of carbonyl (C=O) groups is 1. The highest BCUT2D eigenvalue weighted by atomic mass is 16.5. The second-order valence-corrected chi connectivity index (χ2v) is 8.22. The molecule has 1 aromatic carbocycles. The minimum absolute atomic E-state index is 0.131. The third-order valence-electron chi connectivity index (χ3n) is 5.86. The number of likely N-dealkylation sites (tertiary alicyclic amines) is 1. The molecule has 2 heterocycles. The highest BCUT2D eigenvalue weighted by Gasteiger charge is 2.41. The number of rotatable bonds is 4. The largest absolute Gasteiger partial charge is 0.481 e. The van der Waals surface area contributed by atoms with Crippen LogP contribution in [0, 0.1) is 12.3 Å². The first-order chi connectivity index (χ1) is 11.9. The zero-order valence-electron chi connectivity index (χ0n) is 16.1. The van der Waals surface area contributed by atoms with Gasteiger partial charge in [-0.1, -0.05) is 26.0 Å². The predicted molar refractivity (Wildman–Crippen MR) is 101 cm³/mol. The molecular weight excluding hydrogens is 312 g/mol. The van der Waals surface area contributed by atoms with Crippen molar-refractivity contribution >= 4 is 5.91 Å². The van der Waals surface area contributed by atoms with Crippen molar-refractivity contribution in [1.29, 1.82) is 0 Å². The third-order valence-corrected chi connectivity index (χ3v) is 5.86. The Labute approximate surface area is 151 Å². The van der Waals surface area contributed by atoms with E-state index in [1.54, 1.807) is 0 Å². The van der Waals surface area contributed by atoms with Gasteiger partial charge in [0.1, 0.15) is 5.75 Å². The zero-order chi connectivity index (χ0) is 18.0. The molecule has 4 nitrogen and oxygen atoms in total. The van der Waals surface area contributed by atoms with Gasteiger partial charge in [0.25, 0.3) is 5.91 Å². The predicted octanol–water partition coefficient (Wildman–Crippen LogP) is 3.49. The molecule has 2 saturated heterocycles. The Kier molecular flexibility index (Phi) is 5.38. The van der Waals surface area contributed by atoms with E-state index in [1.165, 1.54) is 18.4 Å². The Hall–Kier alpha value is -1.55. The van der Waals surface area contributed by atoms with Crippen molar-refractivity contribution in [3.05, 3.63) is 29.3 Å². The summed E-state index contributed by atoms with van der Waals surface area (Å²) in [5.74, 6) is 1.36. The molecule has 1 aromatic rings. The molecule has 0 aromatic heterocycles. The topological polar surface area (TPSA) is 41.6 Å². The minimum Gasteiger partial charge on any atom is -0.481 e. The average Bonchev–Trinajstić information content (AvgIpc) is 2.98. The van der Waals surface area contributed by atoms with Crippen molar-refractivity contribution in [2.45, 2.75) is 59.0 Å². The van der Waals surface area contributed by atoms with Crippen LogP contribution in [-0.4, -0.2) is 43.1 Å². The van der Waals surface area contributed by atoms with Gasteiger partial charge in [-0.3, -0.25) is 4.79 Å². The van der Waals surface area contributed by atoms with Crippen LogP contribution in [0.1, 0.15) is 57.1 Å². The number of hydrogen-bond acceptors (Lipinski definition) is 3. The number of nitrogens with zero attached hydrogens (tertiary/aromatic N) is 1. The van der Waals surface area contributed by atoms with Gasteiger partial charge in [0.05, 0.1) is 0 Å². The maximum Gasteiger partial charge on any atom is 0.263 e. The number of hydrogen-bond donors (Lipinski definition) is 1. The lowest BCUT2D eigenvalue weighted by Crippen LogP contribution is -2.43. The summed E-state index contributed by atoms with van der Waals surface area (Å²) in [6, 6.07) is 6.28. The Morgan fingerprint density at radius 2 is 1.92 bits per heavy atom. The van der Waals surface area contributed by atoms with Gasteiger partial charge < -0.3 is 15.0 Å². The molecule has 3 rings (SSSR count). The van der Waals surface area contributed by atoms with Gasteiger partial charge in [0.2, 0.25) is 0 Å². The molecule has 1 unspecified atom stereocenters. The van der Waals surface area contributed by atoms with Gasteiger partial charge in [-0.25, -0.2) is 0 Å². The summed E-state index contributed by atoms with van der Waals surface area (Å²) in [7, 11) is 0. The van der Waals surface area contributed by atoms with E-state index in [0.29, 0.717) is 11.3 Å². The molecule has 1 spiro atoms. The van der Waals surface area contributed by atoms with E-state index in [-0.39, 0.29) is 5.91 Å². The van der Waals surface area contributed by atoms with Gasteiger partial charge in [-0.05, 0) is 74.7 Å². The Morgan fingerprint density at radius 3 is 2.60 bits per heavy atom. The molecule has 1 N–H and O–H groups in total. The summed E-state index contributed by atoms with van der Waals surface area (Å²) in [5.41, 5.74) is 2.67. The van der Waals surface area contributed by atoms with Crippen LogP contribution in [0.2, 0.25) is 0 Å². The third kappa shape index (κ3) is 4.00. The minimum atomic E-state index is -0.434. The lowest BCUT2D eigenvalue weighted by atomic mass is 9.78. The van der Waals surface area contributed by atoms with Gasteiger partial charge in [-0.2, -0.15) is 0 Å². The summed E-state index contributed by atoms with van der Waals surface area (Å²) in [5, 5.41) is 3.43. The normalized spacial score (nSPS) is 20.9. The van der Waals surface area contributed by atoms with Crippen LogP contribution in [0.15, 0.2) is 18.2 Å². The van der Waals surface area contributed by atoms with Gasteiger partial charge >= 0.3 is 0 Å². The first-order valence-electron chi connectivity index (χ1n) is 9.67. The molecule has 2 aliphatic heterocycles. The average molecular weight is 344 g/mol. The van der Waals surface area contributed by atoms with Gasteiger partial charge in [-0.15, -0.1) is 0 Å². The van der Waals surface area contributed by atoms with E-state index in [9.17, 15) is 4.79 Å². The second-order valence-electron chi connectivity index (χ2n) is 8.22. The number of nitrogens with one attached hydrogen (secondary N) is 1. The lowest BCUT2D eigenvalue weighted by molar-refractivity contribution is -0.137. The fraction of sp³-hybridized carbons (Fsp3) is 0.667. The van der Waals surface area contributed by atoms with E-state index in [2.05, 4.69) is 44.3 Å². The monoisotopic (exact) mass is 344 g/mol. The SMILES string of the molecule is Cc1ccc(C(C)C)c(OC(C)C(=O)N2CCC3(CCNCC3)C2)c1. The summed E-state index contributed by atoms with van der Waals surface area (Å²) in [6.45, 7) is 12.2. The Balaban J connectivity index is 1.67. The van der Waals surface area contributed by atoms with E-state index in [4.69, 9.17) is 4.74 Å². The summed E-state index contributed by atoms with van der Waals surface area (Å²) in [6.07, 6.45) is 3.06. The van der Waals surface area contributed by atoms with E-state index >= 15 is 0 Å². The van der Waals surface area contributed by atoms with Crippen LogP contribution < -0.4 is 10.1 Å². The van der Waals surface area contributed by atoms with Crippen molar-refractivity contribution < 1.29 is 9.53 Å². The van der Waals surface area contributed by atoms with Crippen LogP contribution in [0.25, 0.3) is 0 Å². The van der Waals surface area contributed by atoms with Gasteiger partial charge in [0, 0.05) is 13.1 Å². The van der Waals surface area contributed by atoms with E-state index in [1.807, 2.05) is 11.8 Å². The molecule has 0 saturated carbocycles. The van der Waals surface area contributed by atoms with Crippen molar-refractivity contribution in [2.24, 2.45) is 5.41 Å². The quantitative estimate of drug-likeness (QED) is 0.909. The fourth-order valence-electron chi connectivity index (χ4n) is 4.21. The molecule has 2 fully saturated rings. The first-order valence-corrected chi connectivity index (χ1v) is 9.67. The summed E-state index contributed by atoms with van der Waals surface area (Å²) < 4.78 is 6.13. The standard InChI is InChI=1S/C21H32N2O2/c1-15(2)18-6-5-16(3)13-19(18)25-17(4)20(24)23-12-9-21(14-23)7-10-22-11-8-21/h5-6,13,15,17,22H,7-12,14H2,1-4H3. The van der Waals surface area contributed by atoms with Crippen LogP contribution in [0.4, 0.5) is 0 Å². The van der Waals surface area contributed by atoms with Crippen LogP contribution in [0.3, 0.4) is 0 Å². The van der Waals surface area contributed by atoms with Crippen LogP contribution in [0.5, 0.6) is 5.75 Å². The molecule has 1 atom stereocenters. The molecule has 1 amide bonds. The number of piperidine rings is 1. The van der Waals surface area contributed by atoms with Crippen molar-refractivity contribution in [3.8, 4) is 5.75 Å². The van der Waals surface area contributed by atoms with E-state index < -0.39 is 6.10 Å². The summed E-state index contributed by atoms with van der Waals surface area (Å²) >= 11 is 0. The number of ether oxygens (including phenoxy) is 1. The maximum absolute atomic E-state index is 12.9. The molecule has 0 bridgehead atoms. The molecule has 0 radical (unpaired) electrons. The van der Waals surface area contributed by atoms with Crippen LogP contribution in [-0.2, 0) is 4.79 Å². The van der Waals surface area contributed by atoms with Crippen molar-refractivity contribution in [2.75, 3.05) is 26.2 Å². The number of aryl methyl sites for hydroxylation is 1. The maximum atomic E-state index is 12.9.